The third-order valence-electron chi connectivity index (χ3n) is 4.69. The second kappa shape index (κ2) is 5.14. The molecule has 3 N–H and O–H groups in total. The number of fused-ring (bicyclic) bond motifs is 2. The second-order valence-electron chi connectivity index (χ2n) is 5.98. The monoisotopic (exact) mass is 287 g/mol. The smallest absolute Gasteiger partial charge is 0.226 e. The van der Waals surface area contributed by atoms with Gasteiger partial charge in [0, 0.05) is 25.7 Å². The van der Waals surface area contributed by atoms with E-state index < -0.39 is 0 Å². The highest BCUT2D eigenvalue weighted by Crippen LogP contribution is 2.29. The molecule has 7 heteroatoms. The van der Waals surface area contributed by atoms with Gasteiger partial charge >= 0.3 is 0 Å². The Kier molecular flexibility index (Phi) is 3.14. The van der Waals surface area contributed by atoms with Crippen LogP contribution in [-0.2, 0) is 0 Å². The first-order valence-corrected chi connectivity index (χ1v) is 7.73. The molecule has 2 atom stereocenters. The lowest BCUT2D eigenvalue weighted by molar-refractivity contribution is 0.188. The highest BCUT2D eigenvalue weighted by molar-refractivity contribution is 5.87. The molecule has 0 spiro atoms. The molecular weight excluding hydrogens is 266 g/mol. The summed E-state index contributed by atoms with van der Waals surface area (Å²) in [4.78, 5) is 11.6. The van der Waals surface area contributed by atoms with Crippen LogP contribution in [0, 0.1) is 0 Å². The molecule has 2 aromatic rings. The maximum Gasteiger partial charge on any atom is 0.226 e. The minimum absolute atomic E-state index is 0.488. The molecule has 2 aliphatic rings. The lowest BCUT2D eigenvalue weighted by Crippen LogP contribution is -2.42. The van der Waals surface area contributed by atoms with Crippen molar-refractivity contribution in [3.05, 3.63) is 6.20 Å². The summed E-state index contributed by atoms with van der Waals surface area (Å²) in [5.74, 6) is 1.50. The first kappa shape index (κ1) is 12.8. The van der Waals surface area contributed by atoms with Gasteiger partial charge in [0.05, 0.1) is 11.6 Å². The molecule has 0 aromatic carbocycles. The van der Waals surface area contributed by atoms with Crippen LogP contribution in [-0.4, -0.2) is 57.3 Å². The summed E-state index contributed by atoms with van der Waals surface area (Å²) >= 11 is 0. The van der Waals surface area contributed by atoms with Crippen molar-refractivity contribution in [2.45, 2.75) is 37.8 Å². The Labute approximate surface area is 123 Å². The van der Waals surface area contributed by atoms with Crippen LogP contribution >= 0.6 is 0 Å². The summed E-state index contributed by atoms with van der Waals surface area (Å²) in [7, 11) is 1.83. The number of aromatic nitrogens is 4. The molecule has 2 aromatic heterocycles. The molecule has 0 aliphatic carbocycles. The van der Waals surface area contributed by atoms with E-state index in [1.165, 1.54) is 38.8 Å². The second-order valence-corrected chi connectivity index (χ2v) is 5.98. The van der Waals surface area contributed by atoms with Crippen LogP contribution in [0.25, 0.3) is 11.0 Å². The first-order valence-electron chi connectivity index (χ1n) is 7.73. The highest BCUT2D eigenvalue weighted by Gasteiger charge is 2.32. The fourth-order valence-electron chi connectivity index (χ4n) is 3.61. The summed E-state index contributed by atoms with van der Waals surface area (Å²) in [6, 6.07) is 1.24. The van der Waals surface area contributed by atoms with Gasteiger partial charge in [-0.1, -0.05) is 0 Å². The average molecular weight is 287 g/mol. The first-order chi connectivity index (χ1) is 10.3. The molecule has 0 radical (unpaired) electrons. The van der Waals surface area contributed by atoms with Gasteiger partial charge < -0.3 is 15.5 Å². The van der Waals surface area contributed by atoms with Crippen molar-refractivity contribution in [2.75, 3.05) is 30.8 Å². The lowest BCUT2D eigenvalue weighted by atomic mass is 9.97. The molecule has 2 unspecified atom stereocenters. The molecule has 112 valence electrons. The van der Waals surface area contributed by atoms with E-state index in [4.69, 9.17) is 0 Å². The van der Waals surface area contributed by atoms with Crippen molar-refractivity contribution in [3.8, 4) is 0 Å². The van der Waals surface area contributed by atoms with E-state index in [1.807, 2.05) is 7.05 Å². The zero-order valence-corrected chi connectivity index (χ0v) is 12.3. The summed E-state index contributed by atoms with van der Waals surface area (Å²) in [6.45, 7) is 2.47. The maximum absolute atomic E-state index is 4.56. The van der Waals surface area contributed by atoms with Crippen molar-refractivity contribution < 1.29 is 0 Å². The van der Waals surface area contributed by atoms with Crippen LogP contribution in [0.15, 0.2) is 6.20 Å². The van der Waals surface area contributed by atoms with Crippen LogP contribution in [0.1, 0.15) is 25.7 Å². The van der Waals surface area contributed by atoms with Crippen LogP contribution in [0.4, 0.5) is 11.8 Å². The van der Waals surface area contributed by atoms with E-state index in [9.17, 15) is 0 Å². The van der Waals surface area contributed by atoms with E-state index in [0.29, 0.717) is 12.0 Å². The van der Waals surface area contributed by atoms with Crippen LogP contribution in [0.2, 0.25) is 0 Å². The van der Waals surface area contributed by atoms with Gasteiger partial charge in [-0.15, -0.1) is 0 Å². The molecule has 0 bridgehead atoms. The minimum Gasteiger partial charge on any atom is -0.366 e. The fraction of sp³-hybridized carbons (Fsp3) is 0.643. The molecule has 2 fully saturated rings. The summed E-state index contributed by atoms with van der Waals surface area (Å²) in [6.07, 6.45) is 6.86. The predicted molar refractivity (Wildman–Crippen MR) is 82.5 cm³/mol. The molecule has 0 amide bonds. The maximum atomic E-state index is 4.56. The van der Waals surface area contributed by atoms with Gasteiger partial charge in [-0.25, -0.2) is 0 Å². The normalized spacial score (nSPS) is 26.0. The minimum atomic E-state index is 0.488. The van der Waals surface area contributed by atoms with Gasteiger partial charge in [0.25, 0.3) is 0 Å². The quantitative estimate of drug-likeness (QED) is 0.792. The average Bonchev–Trinajstić information content (AvgIpc) is 3.14. The third kappa shape index (κ3) is 2.31. The molecule has 2 aliphatic heterocycles. The molecule has 7 nitrogen and oxygen atoms in total. The van der Waals surface area contributed by atoms with Crippen molar-refractivity contribution in [1.29, 1.82) is 0 Å². The number of piperidine rings is 1. The SMILES string of the molecule is CNc1nc(NC2CCN3CCCC3C2)c2cn[nH]c2n1. The largest absolute Gasteiger partial charge is 0.366 e. The number of anilines is 2. The van der Waals surface area contributed by atoms with E-state index in [2.05, 4.69) is 35.7 Å². The number of H-pyrrole nitrogens is 1. The Morgan fingerprint density at radius 3 is 3.14 bits per heavy atom. The number of nitrogens with zero attached hydrogens (tertiary/aromatic N) is 4. The van der Waals surface area contributed by atoms with Gasteiger partial charge in [-0.2, -0.15) is 15.1 Å². The Bertz CT molecular complexity index is 637. The Hall–Kier alpha value is -1.89. The van der Waals surface area contributed by atoms with Gasteiger partial charge in [-0.05, 0) is 32.2 Å². The Morgan fingerprint density at radius 2 is 2.24 bits per heavy atom. The van der Waals surface area contributed by atoms with Gasteiger partial charge in [0.1, 0.15) is 5.82 Å². The molecule has 21 heavy (non-hydrogen) atoms. The van der Waals surface area contributed by atoms with Crippen molar-refractivity contribution in [2.24, 2.45) is 0 Å². The van der Waals surface area contributed by atoms with E-state index >= 15 is 0 Å². The zero-order valence-electron chi connectivity index (χ0n) is 12.3. The standard InChI is InChI=1S/C14H21N7/c1-15-14-18-12(11-8-16-20-13(11)19-14)17-9-4-6-21-5-2-3-10(21)7-9/h8-10H,2-7H2,1H3,(H3,15,16,17,18,19,20). The Morgan fingerprint density at radius 1 is 1.29 bits per heavy atom. The number of rotatable bonds is 3. The molecule has 2 saturated heterocycles. The van der Waals surface area contributed by atoms with E-state index in [0.717, 1.165) is 22.9 Å². The van der Waals surface area contributed by atoms with Crippen molar-refractivity contribution in [3.63, 3.8) is 0 Å². The number of hydrogen-bond acceptors (Lipinski definition) is 6. The van der Waals surface area contributed by atoms with Gasteiger partial charge in [0.15, 0.2) is 5.65 Å². The Balaban J connectivity index is 1.57. The highest BCUT2D eigenvalue weighted by atomic mass is 15.2. The fourth-order valence-corrected chi connectivity index (χ4v) is 3.61. The number of aromatic amines is 1. The van der Waals surface area contributed by atoms with E-state index in [1.54, 1.807) is 6.20 Å². The molecule has 4 heterocycles. The number of nitrogens with one attached hydrogen (secondary N) is 3. The topological polar surface area (TPSA) is 81.8 Å². The van der Waals surface area contributed by atoms with Crippen molar-refractivity contribution in [1.82, 2.24) is 25.1 Å². The van der Waals surface area contributed by atoms with Gasteiger partial charge in [-0.3, -0.25) is 5.10 Å². The van der Waals surface area contributed by atoms with Crippen LogP contribution < -0.4 is 10.6 Å². The van der Waals surface area contributed by atoms with Crippen LogP contribution in [0.3, 0.4) is 0 Å². The zero-order chi connectivity index (χ0) is 14.2. The van der Waals surface area contributed by atoms with Crippen molar-refractivity contribution >= 4 is 22.8 Å². The molecular formula is C14H21N7. The summed E-state index contributed by atoms with van der Waals surface area (Å²) in [5.41, 5.74) is 0.773. The molecule has 0 saturated carbocycles. The molecule has 4 rings (SSSR count). The lowest BCUT2D eigenvalue weighted by Gasteiger charge is -2.35. The number of hydrogen-bond donors (Lipinski definition) is 3. The summed E-state index contributed by atoms with van der Waals surface area (Å²) in [5, 5.41) is 14.6. The summed E-state index contributed by atoms with van der Waals surface area (Å²) < 4.78 is 0. The predicted octanol–water partition coefficient (Wildman–Crippen LogP) is 1.43. The van der Waals surface area contributed by atoms with Gasteiger partial charge in [0.2, 0.25) is 5.95 Å². The third-order valence-corrected chi connectivity index (χ3v) is 4.69. The van der Waals surface area contributed by atoms with Crippen LogP contribution in [0.5, 0.6) is 0 Å². The van der Waals surface area contributed by atoms with E-state index in [-0.39, 0.29) is 0 Å².